The smallest absolute Gasteiger partial charge is 0.138 e. The van der Waals surface area contributed by atoms with Crippen LogP contribution in [0, 0.1) is 0 Å². The number of nitrogens with one attached hydrogen (secondary N) is 1. The molecule has 3 nitrogen and oxygen atoms in total. The Morgan fingerprint density at radius 1 is 1.60 bits per heavy atom. The monoisotopic (exact) mass is 140 g/mol. The molecule has 2 fully saturated rings. The number of hydrogen-bond acceptors (Lipinski definition) is 3. The molecule has 56 valence electrons. The van der Waals surface area contributed by atoms with Gasteiger partial charge >= 0.3 is 0 Å². The van der Waals surface area contributed by atoms with Crippen LogP contribution >= 0.6 is 0 Å². The van der Waals surface area contributed by atoms with Gasteiger partial charge in [0.15, 0.2) is 0 Å². The molecule has 3 unspecified atom stereocenters. The molecule has 0 aromatic carbocycles. The van der Waals surface area contributed by atoms with E-state index in [9.17, 15) is 4.79 Å². The molecule has 3 atom stereocenters. The standard InChI is InChI=1S/C7H12N2O/c10-5-7-3-8-6-1-2-9(7)4-6/h5-8H,1-4H2. The molecular weight excluding hydrogens is 128 g/mol. The van der Waals surface area contributed by atoms with Crippen molar-refractivity contribution in [3.63, 3.8) is 0 Å². The van der Waals surface area contributed by atoms with Crippen LogP contribution in [0.15, 0.2) is 0 Å². The van der Waals surface area contributed by atoms with E-state index in [0.29, 0.717) is 6.04 Å². The number of fused-ring (bicyclic) bond motifs is 2. The molecule has 0 radical (unpaired) electrons. The molecule has 0 spiro atoms. The normalized spacial score (nSPS) is 45.4. The third kappa shape index (κ3) is 0.859. The lowest BCUT2D eigenvalue weighted by molar-refractivity contribution is -0.112. The van der Waals surface area contributed by atoms with Crippen molar-refractivity contribution in [3.8, 4) is 0 Å². The van der Waals surface area contributed by atoms with Gasteiger partial charge in [0, 0.05) is 25.7 Å². The van der Waals surface area contributed by atoms with Gasteiger partial charge in [-0.25, -0.2) is 0 Å². The summed E-state index contributed by atoms with van der Waals surface area (Å²) in [5, 5.41) is 3.34. The summed E-state index contributed by atoms with van der Waals surface area (Å²) >= 11 is 0. The molecule has 0 amide bonds. The summed E-state index contributed by atoms with van der Waals surface area (Å²) in [6, 6.07) is 0.815. The molecular formula is C7H12N2O. The topological polar surface area (TPSA) is 32.3 Å². The predicted octanol–water partition coefficient (Wildman–Crippen LogP) is -0.769. The number of nitrogens with zero attached hydrogens (tertiary/aromatic N) is 1. The molecule has 2 aliphatic rings. The van der Waals surface area contributed by atoms with Gasteiger partial charge in [-0.3, -0.25) is 4.90 Å². The van der Waals surface area contributed by atoms with Crippen molar-refractivity contribution in [3.05, 3.63) is 0 Å². The molecule has 2 rings (SSSR count). The maximum absolute atomic E-state index is 10.5. The number of rotatable bonds is 1. The quantitative estimate of drug-likeness (QED) is 0.485. The lowest BCUT2D eigenvalue weighted by Gasteiger charge is -2.28. The van der Waals surface area contributed by atoms with Crippen molar-refractivity contribution < 1.29 is 4.79 Å². The Labute approximate surface area is 60.4 Å². The zero-order valence-electron chi connectivity index (χ0n) is 5.92. The maximum atomic E-state index is 10.5. The van der Waals surface area contributed by atoms with Crippen LogP contribution in [0.1, 0.15) is 6.42 Å². The average Bonchev–Trinajstić information content (AvgIpc) is 2.34. The lowest BCUT2D eigenvalue weighted by Crippen LogP contribution is -2.50. The molecule has 1 N–H and O–H groups in total. The number of carbonyl (C=O) groups excluding carboxylic acids is 1. The minimum Gasteiger partial charge on any atom is -0.311 e. The maximum Gasteiger partial charge on any atom is 0.138 e. The van der Waals surface area contributed by atoms with Crippen molar-refractivity contribution in [2.75, 3.05) is 19.6 Å². The number of carbonyl (C=O) groups is 1. The Bertz CT molecular complexity index is 149. The van der Waals surface area contributed by atoms with Gasteiger partial charge in [-0.2, -0.15) is 0 Å². The summed E-state index contributed by atoms with van der Waals surface area (Å²) < 4.78 is 0. The Hall–Kier alpha value is -0.410. The zero-order valence-corrected chi connectivity index (χ0v) is 5.92. The van der Waals surface area contributed by atoms with Gasteiger partial charge in [0.1, 0.15) is 6.29 Å². The summed E-state index contributed by atoms with van der Waals surface area (Å²) in [4.78, 5) is 12.7. The molecule has 3 heteroatoms. The van der Waals surface area contributed by atoms with E-state index in [4.69, 9.17) is 0 Å². The first kappa shape index (κ1) is 6.31. The largest absolute Gasteiger partial charge is 0.311 e. The molecule has 0 aromatic heterocycles. The second-order valence-corrected chi connectivity index (χ2v) is 3.09. The van der Waals surface area contributed by atoms with E-state index in [-0.39, 0.29) is 6.04 Å². The molecule has 2 heterocycles. The summed E-state index contributed by atoms with van der Waals surface area (Å²) in [5.74, 6) is 0. The summed E-state index contributed by atoms with van der Waals surface area (Å²) in [6.07, 6.45) is 2.26. The summed E-state index contributed by atoms with van der Waals surface area (Å²) in [6.45, 7) is 3.03. The van der Waals surface area contributed by atoms with Gasteiger partial charge in [0.2, 0.25) is 0 Å². The Balaban J connectivity index is 2.06. The Morgan fingerprint density at radius 3 is 3.30 bits per heavy atom. The number of piperazine rings is 1. The van der Waals surface area contributed by atoms with E-state index in [1.54, 1.807) is 0 Å². The van der Waals surface area contributed by atoms with E-state index < -0.39 is 0 Å². The van der Waals surface area contributed by atoms with Crippen molar-refractivity contribution >= 4 is 6.29 Å². The highest BCUT2D eigenvalue weighted by atomic mass is 16.1. The Kier molecular flexibility index (Phi) is 1.47. The van der Waals surface area contributed by atoms with Crippen molar-refractivity contribution in [1.82, 2.24) is 10.2 Å². The van der Waals surface area contributed by atoms with Crippen LogP contribution < -0.4 is 5.32 Å². The van der Waals surface area contributed by atoms with E-state index in [2.05, 4.69) is 10.2 Å². The van der Waals surface area contributed by atoms with E-state index >= 15 is 0 Å². The van der Waals surface area contributed by atoms with E-state index in [0.717, 1.165) is 25.9 Å². The number of aldehydes is 1. The number of hydrogen-bond donors (Lipinski definition) is 1. The lowest BCUT2D eigenvalue weighted by atomic mass is 10.2. The summed E-state index contributed by atoms with van der Waals surface area (Å²) in [5.41, 5.74) is 0. The third-order valence-electron chi connectivity index (χ3n) is 2.46. The van der Waals surface area contributed by atoms with Crippen LogP contribution in [0.2, 0.25) is 0 Å². The van der Waals surface area contributed by atoms with Gasteiger partial charge in [0.05, 0.1) is 6.04 Å². The minimum atomic E-state index is 0.152. The Morgan fingerprint density at radius 2 is 2.50 bits per heavy atom. The van der Waals surface area contributed by atoms with Gasteiger partial charge in [-0.1, -0.05) is 0 Å². The molecule has 0 saturated carbocycles. The van der Waals surface area contributed by atoms with Crippen molar-refractivity contribution in [2.45, 2.75) is 18.5 Å². The van der Waals surface area contributed by atoms with Gasteiger partial charge in [0.25, 0.3) is 0 Å². The van der Waals surface area contributed by atoms with E-state index in [1.807, 2.05) is 0 Å². The van der Waals surface area contributed by atoms with Gasteiger partial charge in [-0.05, 0) is 6.42 Å². The van der Waals surface area contributed by atoms with E-state index in [1.165, 1.54) is 6.42 Å². The molecule has 0 aromatic rings. The molecule has 0 aliphatic carbocycles. The fourth-order valence-electron chi connectivity index (χ4n) is 1.81. The highest BCUT2D eigenvalue weighted by molar-refractivity contribution is 5.58. The van der Waals surface area contributed by atoms with Crippen LogP contribution in [-0.2, 0) is 4.79 Å². The van der Waals surface area contributed by atoms with Gasteiger partial charge in [-0.15, -0.1) is 0 Å². The molecule has 10 heavy (non-hydrogen) atoms. The van der Waals surface area contributed by atoms with Crippen LogP contribution in [0.5, 0.6) is 0 Å². The first-order valence-electron chi connectivity index (χ1n) is 3.83. The molecule has 2 bridgehead atoms. The van der Waals surface area contributed by atoms with Crippen molar-refractivity contribution in [1.29, 1.82) is 0 Å². The van der Waals surface area contributed by atoms with Crippen LogP contribution in [0.3, 0.4) is 0 Å². The average molecular weight is 140 g/mol. The SMILES string of the molecule is O=CC1CNC2CCN1C2. The van der Waals surface area contributed by atoms with Crippen molar-refractivity contribution in [2.24, 2.45) is 0 Å². The second-order valence-electron chi connectivity index (χ2n) is 3.09. The third-order valence-corrected chi connectivity index (χ3v) is 2.46. The highest BCUT2D eigenvalue weighted by Crippen LogP contribution is 2.15. The van der Waals surface area contributed by atoms with Crippen LogP contribution in [-0.4, -0.2) is 42.9 Å². The van der Waals surface area contributed by atoms with Gasteiger partial charge < -0.3 is 10.1 Å². The first-order chi connectivity index (χ1) is 4.90. The fourth-order valence-corrected chi connectivity index (χ4v) is 1.81. The second kappa shape index (κ2) is 2.32. The first-order valence-corrected chi connectivity index (χ1v) is 3.83. The zero-order chi connectivity index (χ0) is 6.97. The van der Waals surface area contributed by atoms with Crippen LogP contribution in [0.25, 0.3) is 0 Å². The predicted molar refractivity (Wildman–Crippen MR) is 37.8 cm³/mol. The van der Waals surface area contributed by atoms with Crippen LogP contribution in [0.4, 0.5) is 0 Å². The molecule has 2 saturated heterocycles. The highest BCUT2D eigenvalue weighted by Gasteiger charge is 2.32. The minimum absolute atomic E-state index is 0.152. The summed E-state index contributed by atoms with van der Waals surface area (Å²) in [7, 11) is 0. The fraction of sp³-hybridized carbons (Fsp3) is 0.857. The molecule has 2 aliphatic heterocycles.